The minimum atomic E-state index is -0.316. The first kappa shape index (κ1) is 12.3. The summed E-state index contributed by atoms with van der Waals surface area (Å²) in [4.78, 5) is 30.7. The van der Waals surface area contributed by atoms with Crippen LogP contribution in [0, 0.1) is 0 Å². The van der Waals surface area contributed by atoms with Crippen molar-refractivity contribution in [3.8, 4) is 0 Å². The molecule has 0 bridgehead atoms. The number of hydrogen-bond donors (Lipinski definition) is 4. The molecular weight excluding hydrogens is 282 g/mol. The van der Waals surface area contributed by atoms with Crippen molar-refractivity contribution in [3.05, 3.63) is 42.2 Å². The molecule has 1 aromatic carbocycles. The molecule has 3 heterocycles. The number of fused-ring (bicyclic) bond motifs is 2. The summed E-state index contributed by atoms with van der Waals surface area (Å²) in [5.74, 6) is 0.308. The Kier molecular flexibility index (Phi) is 2.55. The van der Waals surface area contributed by atoms with Crippen LogP contribution in [0.5, 0.6) is 0 Å². The van der Waals surface area contributed by atoms with E-state index in [2.05, 4.69) is 30.2 Å². The number of anilines is 2. The van der Waals surface area contributed by atoms with Crippen LogP contribution in [-0.2, 0) is 0 Å². The largest absolute Gasteiger partial charge is 0.369 e. The van der Waals surface area contributed by atoms with Crippen molar-refractivity contribution in [2.45, 2.75) is 0 Å². The summed E-state index contributed by atoms with van der Waals surface area (Å²) in [7, 11) is 0. The maximum Gasteiger partial charge on any atom is 0.260 e. The standard InChI is InChI=1S/C14H11N7O/c15-13-17-9-3-1-2-7(11(9)20-13)12(22)21-14-18-8-4-5-16-6-10(8)19-14/h1-6H,(H3,15,17,20)(H2,18,19,21,22). The van der Waals surface area contributed by atoms with Crippen LogP contribution in [0.3, 0.4) is 0 Å². The van der Waals surface area contributed by atoms with Gasteiger partial charge in [-0.3, -0.25) is 15.1 Å². The quantitative estimate of drug-likeness (QED) is 0.447. The lowest BCUT2D eigenvalue weighted by Gasteiger charge is -2.02. The summed E-state index contributed by atoms with van der Waals surface area (Å²) in [6.45, 7) is 0. The second-order valence-corrected chi connectivity index (χ2v) is 4.76. The molecule has 8 heteroatoms. The third-order valence-electron chi connectivity index (χ3n) is 3.29. The highest BCUT2D eigenvalue weighted by molar-refractivity contribution is 6.11. The Morgan fingerprint density at radius 1 is 1.14 bits per heavy atom. The van der Waals surface area contributed by atoms with Gasteiger partial charge in [-0.15, -0.1) is 0 Å². The summed E-state index contributed by atoms with van der Waals surface area (Å²) in [6, 6.07) is 7.01. The average Bonchev–Trinajstić information content (AvgIpc) is 3.07. The molecule has 1 amide bonds. The molecule has 0 aliphatic rings. The van der Waals surface area contributed by atoms with E-state index in [4.69, 9.17) is 5.73 Å². The first-order chi connectivity index (χ1) is 10.7. The van der Waals surface area contributed by atoms with Crippen LogP contribution in [0.1, 0.15) is 10.4 Å². The van der Waals surface area contributed by atoms with Crippen molar-refractivity contribution in [3.63, 3.8) is 0 Å². The fourth-order valence-corrected chi connectivity index (χ4v) is 2.33. The van der Waals surface area contributed by atoms with E-state index in [9.17, 15) is 4.79 Å². The summed E-state index contributed by atoms with van der Waals surface area (Å²) < 4.78 is 0. The molecule has 5 N–H and O–H groups in total. The van der Waals surface area contributed by atoms with E-state index >= 15 is 0 Å². The number of aromatic nitrogens is 5. The predicted molar refractivity (Wildman–Crippen MR) is 82.3 cm³/mol. The highest BCUT2D eigenvalue weighted by atomic mass is 16.1. The first-order valence-corrected chi connectivity index (χ1v) is 6.56. The molecule has 4 aromatic rings. The number of nitrogens with zero attached hydrogens (tertiary/aromatic N) is 3. The monoisotopic (exact) mass is 293 g/mol. The van der Waals surface area contributed by atoms with Gasteiger partial charge in [-0.25, -0.2) is 9.97 Å². The number of amides is 1. The molecule has 0 aliphatic heterocycles. The maximum absolute atomic E-state index is 12.4. The molecule has 0 radical (unpaired) electrons. The fourth-order valence-electron chi connectivity index (χ4n) is 2.33. The smallest absolute Gasteiger partial charge is 0.260 e. The zero-order valence-corrected chi connectivity index (χ0v) is 11.3. The zero-order valence-electron chi connectivity index (χ0n) is 11.3. The van der Waals surface area contributed by atoms with Gasteiger partial charge in [-0.1, -0.05) is 6.07 Å². The van der Waals surface area contributed by atoms with Gasteiger partial charge >= 0.3 is 0 Å². The van der Waals surface area contributed by atoms with Gasteiger partial charge in [0.15, 0.2) is 5.95 Å². The summed E-state index contributed by atoms with van der Waals surface area (Å²) in [6.07, 6.45) is 3.29. The number of nitrogen functional groups attached to an aromatic ring is 1. The Morgan fingerprint density at radius 3 is 2.91 bits per heavy atom. The van der Waals surface area contributed by atoms with Crippen molar-refractivity contribution < 1.29 is 4.79 Å². The minimum Gasteiger partial charge on any atom is -0.369 e. The van der Waals surface area contributed by atoms with E-state index in [1.54, 1.807) is 30.6 Å². The van der Waals surface area contributed by atoms with Gasteiger partial charge in [0.2, 0.25) is 5.95 Å². The van der Waals surface area contributed by atoms with Crippen LogP contribution in [0.4, 0.5) is 11.9 Å². The molecule has 108 valence electrons. The average molecular weight is 293 g/mol. The molecule has 8 nitrogen and oxygen atoms in total. The molecule has 0 spiro atoms. The number of imidazole rings is 2. The highest BCUT2D eigenvalue weighted by Crippen LogP contribution is 2.19. The third-order valence-corrected chi connectivity index (χ3v) is 3.29. The fraction of sp³-hybridized carbons (Fsp3) is 0. The molecule has 22 heavy (non-hydrogen) atoms. The van der Waals surface area contributed by atoms with Crippen molar-refractivity contribution in [1.82, 2.24) is 24.9 Å². The van der Waals surface area contributed by atoms with Gasteiger partial charge < -0.3 is 15.7 Å². The van der Waals surface area contributed by atoms with Crippen LogP contribution in [0.2, 0.25) is 0 Å². The first-order valence-electron chi connectivity index (χ1n) is 6.56. The SMILES string of the molecule is Nc1nc2c(C(=O)Nc3nc4ccncc4[nH]3)cccc2[nH]1. The van der Waals surface area contributed by atoms with Crippen molar-refractivity contribution in [2.24, 2.45) is 0 Å². The number of rotatable bonds is 2. The second-order valence-electron chi connectivity index (χ2n) is 4.76. The van der Waals surface area contributed by atoms with E-state index in [0.717, 1.165) is 11.0 Å². The maximum atomic E-state index is 12.4. The van der Waals surface area contributed by atoms with Crippen LogP contribution < -0.4 is 11.1 Å². The number of nitrogens with one attached hydrogen (secondary N) is 3. The van der Waals surface area contributed by atoms with Gasteiger partial charge in [-0.2, -0.15) is 0 Å². The van der Waals surface area contributed by atoms with Gasteiger partial charge in [0.25, 0.3) is 5.91 Å². The molecule has 0 aliphatic carbocycles. The van der Waals surface area contributed by atoms with Crippen LogP contribution in [0.15, 0.2) is 36.7 Å². The Balaban J connectivity index is 1.71. The van der Waals surface area contributed by atoms with Gasteiger partial charge in [0.05, 0.1) is 28.3 Å². The second kappa shape index (κ2) is 4.55. The van der Waals surface area contributed by atoms with Crippen molar-refractivity contribution in [2.75, 3.05) is 11.1 Å². The third kappa shape index (κ3) is 1.94. The van der Waals surface area contributed by atoms with Crippen LogP contribution in [-0.4, -0.2) is 30.8 Å². The lowest BCUT2D eigenvalue weighted by atomic mass is 10.2. The number of benzene rings is 1. The molecule has 0 saturated heterocycles. The normalized spacial score (nSPS) is 11.1. The Hall–Kier alpha value is -3.42. The van der Waals surface area contributed by atoms with E-state index in [0.29, 0.717) is 22.5 Å². The van der Waals surface area contributed by atoms with Crippen molar-refractivity contribution >= 4 is 39.9 Å². The number of pyridine rings is 1. The molecule has 4 rings (SSSR count). The van der Waals surface area contributed by atoms with Crippen LogP contribution in [0.25, 0.3) is 22.1 Å². The zero-order chi connectivity index (χ0) is 15.1. The summed E-state index contributed by atoms with van der Waals surface area (Å²) in [5, 5.41) is 2.72. The lowest BCUT2D eigenvalue weighted by molar-refractivity contribution is 0.102. The molecule has 3 aromatic heterocycles. The number of aromatic amines is 2. The van der Waals surface area contributed by atoms with Crippen LogP contribution >= 0.6 is 0 Å². The number of nitrogens with two attached hydrogens (primary N) is 1. The van der Waals surface area contributed by atoms with Crippen molar-refractivity contribution in [1.29, 1.82) is 0 Å². The predicted octanol–water partition coefficient (Wildman–Crippen LogP) is 1.67. The molecule has 0 atom stereocenters. The summed E-state index contributed by atoms with van der Waals surface area (Å²) >= 11 is 0. The summed E-state index contributed by atoms with van der Waals surface area (Å²) in [5.41, 5.74) is 8.77. The number of hydrogen-bond acceptors (Lipinski definition) is 5. The van der Waals surface area contributed by atoms with E-state index < -0.39 is 0 Å². The van der Waals surface area contributed by atoms with Gasteiger partial charge in [-0.05, 0) is 18.2 Å². The van der Waals surface area contributed by atoms with Gasteiger partial charge in [0.1, 0.15) is 5.52 Å². The Bertz CT molecular complexity index is 968. The van der Waals surface area contributed by atoms with E-state index in [1.807, 2.05) is 6.07 Å². The number of carbonyl (C=O) groups is 1. The number of carbonyl (C=O) groups excluding carboxylic acids is 1. The Labute approximate surface area is 123 Å². The Morgan fingerprint density at radius 2 is 2.05 bits per heavy atom. The minimum absolute atomic E-state index is 0.269. The number of H-pyrrole nitrogens is 2. The molecule has 0 fully saturated rings. The van der Waals surface area contributed by atoms with E-state index in [1.165, 1.54) is 0 Å². The lowest BCUT2D eigenvalue weighted by Crippen LogP contribution is -2.13. The molecular formula is C14H11N7O. The number of para-hydroxylation sites is 1. The highest BCUT2D eigenvalue weighted by Gasteiger charge is 2.14. The molecule has 0 saturated carbocycles. The molecule has 0 unspecified atom stereocenters. The topological polar surface area (TPSA) is 125 Å². The van der Waals surface area contributed by atoms with Gasteiger partial charge in [0, 0.05) is 6.20 Å². The van der Waals surface area contributed by atoms with E-state index in [-0.39, 0.29) is 11.9 Å².